The maximum Gasteiger partial charge on any atom is 0.316 e. The van der Waals surface area contributed by atoms with Gasteiger partial charge in [-0.25, -0.2) is 0 Å². The molecule has 35 heavy (non-hydrogen) atoms. The number of esters is 1. The molecule has 3 atom stereocenters. The third-order valence-electron chi connectivity index (χ3n) is 6.80. The zero-order valence-electron chi connectivity index (χ0n) is 21.1. The number of ether oxygens (including phenoxy) is 2. The Bertz CT molecular complexity index is 1150. The van der Waals surface area contributed by atoms with E-state index in [1.54, 1.807) is 7.11 Å². The molecule has 6 nitrogen and oxygen atoms in total. The highest BCUT2D eigenvalue weighted by molar-refractivity contribution is 6.01. The molecule has 1 aliphatic heterocycles. The Morgan fingerprint density at radius 1 is 1.03 bits per heavy atom. The van der Waals surface area contributed by atoms with Gasteiger partial charge in [0.15, 0.2) is 5.78 Å². The van der Waals surface area contributed by atoms with Gasteiger partial charge in [-0.05, 0) is 61.6 Å². The first-order chi connectivity index (χ1) is 16.7. The van der Waals surface area contributed by atoms with Gasteiger partial charge >= 0.3 is 5.97 Å². The van der Waals surface area contributed by atoms with E-state index < -0.39 is 11.8 Å². The van der Waals surface area contributed by atoms with Gasteiger partial charge in [0.25, 0.3) is 0 Å². The summed E-state index contributed by atoms with van der Waals surface area (Å²) in [7, 11) is 5.60. The van der Waals surface area contributed by atoms with Gasteiger partial charge in [-0.15, -0.1) is 0 Å². The van der Waals surface area contributed by atoms with Crippen LogP contribution in [0.5, 0.6) is 5.75 Å². The van der Waals surface area contributed by atoms with E-state index in [0.29, 0.717) is 24.1 Å². The number of carbonyl (C=O) groups excluding carboxylic acids is 2. The second-order valence-corrected chi connectivity index (χ2v) is 9.77. The van der Waals surface area contributed by atoms with Gasteiger partial charge in [-0.2, -0.15) is 0 Å². The first-order valence-corrected chi connectivity index (χ1v) is 12.0. The molecule has 6 heteroatoms. The van der Waals surface area contributed by atoms with E-state index in [0.717, 1.165) is 28.3 Å². The van der Waals surface area contributed by atoms with Gasteiger partial charge in [-0.1, -0.05) is 30.8 Å². The van der Waals surface area contributed by atoms with Crippen molar-refractivity contribution in [3.05, 3.63) is 83.2 Å². The maximum absolute atomic E-state index is 13.7. The van der Waals surface area contributed by atoms with Gasteiger partial charge in [0.1, 0.15) is 11.7 Å². The number of Topliss-reactive ketones (excluding diaryl/α,β-unsaturated/α-hetero) is 1. The highest BCUT2D eigenvalue weighted by atomic mass is 16.5. The van der Waals surface area contributed by atoms with Crippen molar-refractivity contribution in [2.75, 3.05) is 26.1 Å². The molecule has 0 radical (unpaired) electrons. The lowest BCUT2D eigenvalue weighted by Crippen LogP contribution is -2.42. The summed E-state index contributed by atoms with van der Waals surface area (Å²) in [5.41, 5.74) is 5.14. The molecule has 0 bridgehead atoms. The van der Waals surface area contributed by atoms with Crippen LogP contribution >= 0.6 is 0 Å². The van der Waals surface area contributed by atoms with Crippen LogP contribution in [0.3, 0.4) is 0 Å². The average molecular weight is 475 g/mol. The van der Waals surface area contributed by atoms with Gasteiger partial charge in [0, 0.05) is 49.1 Å². The third kappa shape index (κ3) is 4.97. The minimum Gasteiger partial charge on any atom is -0.497 e. The predicted octanol–water partition coefficient (Wildman–Crippen LogP) is 4.93. The average Bonchev–Trinajstić information content (AvgIpc) is 2.82. The Labute approximate surface area is 207 Å². The van der Waals surface area contributed by atoms with Crippen molar-refractivity contribution in [2.45, 2.75) is 44.6 Å². The van der Waals surface area contributed by atoms with Crippen molar-refractivity contribution in [3.8, 4) is 5.75 Å². The minimum atomic E-state index is -0.678. The predicted molar refractivity (Wildman–Crippen MR) is 138 cm³/mol. The van der Waals surface area contributed by atoms with Gasteiger partial charge in [0.05, 0.1) is 13.2 Å². The van der Waals surface area contributed by atoms with Gasteiger partial charge < -0.3 is 19.7 Å². The van der Waals surface area contributed by atoms with Crippen LogP contribution in [0.1, 0.15) is 49.7 Å². The number of carbonyl (C=O) groups is 2. The number of nitrogens with one attached hydrogen (secondary N) is 1. The van der Waals surface area contributed by atoms with Crippen molar-refractivity contribution in [2.24, 2.45) is 5.92 Å². The molecule has 1 N–H and O–H groups in total. The van der Waals surface area contributed by atoms with E-state index >= 15 is 0 Å². The molecule has 0 spiro atoms. The summed E-state index contributed by atoms with van der Waals surface area (Å²) < 4.78 is 10.9. The fourth-order valence-corrected chi connectivity index (χ4v) is 5.08. The van der Waals surface area contributed by atoms with E-state index in [4.69, 9.17) is 9.47 Å². The molecule has 0 saturated carbocycles. The van der Waals surface area contributed by atoms with Crippen molar-refractivity contribution >= 4 is 17.4 Å². The smallest absolute Gasteiger partial charge is 0.316 e. The lowest BCUT2D eigenvalue weighted by atomic mass is 9.69. The zero-order chi connectivity index (χ0) is 25.3. The van der Waals surface area contributed by atoms with Crippen molar-refractivity contribution in [1.82, 2.24) is 5.32 Å². The van der Waals surface area contributed by atoms with Crippen LogP contribution in [0.2, 0.25) is 0 Å². The molecule has 2 aromatic carbocycles. The summed E-state index contributed by atoms with van der Waals surface area (Å²) in [4.78, 5) is 28.9. The second-order valence-electron chi connectivity index (χ2n) is 9.77. The molecule has 0 fully saturated rings. The Hall–Kier alpha value is -3.54. The zero-order valence-corrected chi connectivity index (χ0v) is 21.1. The van der Waals surface area contributed by atoms with Crippen molar-refractivity contribution in [3.63, 3.8) is 0 Å². The van der Waals surface area contributed by atoms with Crippen molar-refractivity contribution < 1.29 is 19.1 Å². The molecule has 1 heterocycles. The lowest BCUT2D eigenvalue weighted by Gasteiger charge is -2.40. The summed E-state index contributed by atoms with van der Waals surface area (Å²) in [6.45, 7) is 7.85. The number of rotatable bonds is 6. The molecule has 2 aliphatic rings. The SMILES string of the molecule is C=C1NC2=C(C(=O)CC(c3ccc(OC)cc3)C2)C(c2ccc(N(C)C)cc2)C1C(=O)OC(C)C. The Morgan fingerprint density at radius 2 is 1.66 bits per heavy atom. The fraction of sp³-hybridized carbons (Fsp3) is 0.379. The topological polar surface area (TPSA) is 67.9 Å². The quantitative estimate of drug-likeness (QED) is 0.599. The summed E-state index contributed by atoms with van der Waals surface area (Å²) in [6.07, 6.45) is 0.798. The van der Waals surface area contributed by atoms with Crippen LogP contribution in [0.25, 0.3) is 0 Å². The van der Waals surface area contributed by atoms with E-state index in [9.17, 15) is 9.59 Å². The largest absolute Gasteiger partial charge is 0.497 e. The molecule has 2 aromatic rings. The Balaban J connectivity index is 1.76. The normalized spacial score (nSPS) is 21.9. The van der Waals surface area contributed by atoms with E-state index in [-0.39, 0.29) is 23.8 Å². The number of hydrogen-bond acceptors (Lipinski definition) is 6. The van der Waals surface area contributed by atoms with Gasteiger partial charge in [0.2, 0.25) is 0 Å². The van der Waals surface area contributed by atoms with Crippen molar-refractivity contribution in [1.29, 1.82) is 0 Å². The van der Waals surface area contributed by atoms with Crippen LogP contribution in [0, 0.1) is 5.92 Å². The van der Waals surface area contributed by atoms with Crippen LogP contribution in [-0.2, 0) is 14.3 Å². The lowest BCUT2D eigenvalue weighted by molar-refractivity contribution is -0.151. The first-order valence-electron chi connectivity index (χ1n) is 12.0. The van der Waals surface area contributed by atoms with Crippen LogP contribution in [0.4, 0.5) is 5.69 Å². The number of allylic oxidation sites excluding steroid dienone is 2. The first kappa shape index (κ1) is 24.6. The standard InChI is InChI=1S/C29H34N2O4/c1-17(2)35-29(33)26-18(3)30-24-15-21(19-9-13-23(34-6)14-10-19)16-25(32)28(24)27(26)20-7-11-22(12-8-20)31(4)5/h7-14,17,21,26-27,30H,3,15-16H2,1-2,4-6H3. The summed E-state index contributed by atoms with van der Waals surface area (Å²) in [5, 5.41) is 3.34. The molecular formula is C29H34N2O4. The molecule has 0 aromatic heterocycles. The van der Waals surface area contributed by atoms with E-state index in [1.165, 1.54) is 0 Å². The molecular weight excluding hydrogens is 440 g/mol. The number of anilines is 1. The fourth-order valence-electron chi connectivity index (χ4n) is 5.08. The molecule has 1 aliphatic carbocycles. The number of hydrogen-bond donors (Lipinski definition) is 1. The second kappa shape index (κ2) is 9.98. The van der Waals surface area contributed by atoms with Crippen LogP contribution in [-0.4, -0.2) is 39.1 Å². The van der Waals surface area contributed by atoms with Gasteiger partial charge in [-0.3, -0.25) is 9.59 Å². The number of methoxy groups -OCH3 is 1. The number of nitrogens with zero attached hydrogens (tertiary/aromatic N) is 1. The summed E-state index contributed by atoms with van der Waals surface area (Å²) >= 11 is 0. The summed E-state index contributed by atoms with van der Waals surface area (Å²) in [5.74, 6) is -0.601. The third-order valence-corrected chi connectivity index (χ3v) is 6.80. The highest BCUT2D eigenvalue weighted by Crippen LogP contribution is 2.47. The van der Waals surface area contributed by atoms with E-state index in [2.05, 4.69) is 11.9 Å². The molecule has 3 unspecified atom stereocenters. The molecule has 184 valence electrons. The monoisotopic (exact) mass is 474 g/mol. The molecule has 0 amide bonds. The van der Waals surface area contributed by atoms with Crippen LogP contribution < -0.4 is 15.0 Å². The molecule has 0 saturated heterocycles. The maximum atomic E-state index is 13.7. The Morgan fingerprint density at radius 3 is 2.23 bits per heavy atom. The highest BCUT2D eigenvalue weighted by Gasteiger charge is 2.45. The van der Waals surface area contributed by atoms with Crippen LogP contribution in [0.15, 0.2) is 72.1 Å². The van der Waals surface area contributed by atoms with E-state index in [1.807, 2.05) is 81.4 Å². The Kier molecular flexibility index (Phi) is 7.01. The minimum absolute atomic E-state index is 0.0448. The number of ketones is 1. The number of benzene rings is 2. The molecule has 4 rings (SSSR count). The summed E-state index contributed by atoms with van der Waals surface area (Å²) in [6, 6.07) is 15.9.